The maximum absolute atomic E-state index is 11.9. The van der Waals surface area contributed by atoms with Crippen LogP contribution in [0.4, 0.5) is 5.69 Å². The van der Waals surface area contributed by atoms with E-state index < -0.39 is 0 Å². The van der Waals surface area contributed by atoms with E-state index in [9.17, 15) is 4.79 Å². The van der Waals surface area contributed by atoms with Gasteiger partial charge in [0.25, 0.3) is 0 Å². The summed E-state index contributed by atoms with van der Waals surface area (Å²) in [5.41, 5.74) is 1.82. The van der Waals surface area contributed by atoms with Gasteiger partial charge in [0.15, 0.2) is 0 Å². The fraction of sp³-hybridized carbons (Fsp3) is 0.375. The first kappa shape index (κ1) is 15.1. The van der Waals surface area contributed by atoms with Gasteiger partial charge in [-0.2, -0.15) is 5.10 Å². The second-order valence-corrected chi connectivity index (χ2v) is 5.20. The van der Waals surface area contributed by atoms with Gasteiger partial charge >= 0.3 is 0 Å². The molecule has 1 N–H and O–H groups in total. The van der Waals surface area contributed by atoms with Crippen molar-refractivity contribution in [1.82, 2.24) is 9.78 Å². The van der Waals surface area contributed by atoms with Gasteiger partial charge in [-0.1, -0.05) is 12.1 Å². The first-order valence-corrected chi connectivity index (χ1v) is 7.05. The lowest BCUT2D eigenvalue weighted by Gasteiger charge is -2.05. The van der Waals surface area contributed by atoms with Gasteiger partial charge in [0.2, 0.25) is 5.91 Å². The van der Waals surface area contributed by atoms with Crippen LogP contribution in [0.15, 0.2) is 36.7 Å². The van der Waals surface area contributed by atoms with Crippen molar-refractivity contribution in [1.29, 1.82) is 0 Å². The number of carbonyl (C=O) groups excluding carboxylic acids is 1. The van der Waals surface area contributed by atoms with Gasteiger partial charge < -0.3 is 10.1 Å². The van der Waals surface area contributed by atoms with Crippen LogP contribution < -0.4 is 10.1 Å². The van der Waals surface area contributed by atoms with E-state index in [1.165, 1.54) is 0 Å². The highest BCUT2D eigenvalue weighted by molar-refractivity contribution is 5.90. The average molecular weight is 287 g/mol. The molecule has 1 aromatic carbocycles. The van der Waals surface area contributed by atoms with Crippen LogP contribution in [0.5, 0.6) is 5.75 Å². The number of hydrogen-bond donors (Lipinski definition) is 1. The molecule has 5 heteroatoms. The number of anilines is 1. The molecule has 0 saturated heterocycles. The van der Waals surface area contributed by atoms with E-state index in [2.05, 4.69) is 10.4 Å². The van der Waals surface area contributed by atoms with E-state index in [0.717, 1.165) is 17.0 Å². The van der Waals surface area contributed by atoms with Crippen molar-refractivity contribution in [2.45, 2.75) is 32.7 Å². The Hall–Kier alpha value is -2.30. The second kappa shape index (κ2) is 6.92. The number of aromatic nitrogens is 2. The monoisotopic (exact) mass is 287 g/mol. The van der Waals surface area contributed by atoms with Crippen molar-refractivity contribution in [3.8, 4) is 5.75 Å². The van der Waals surface area contributed by atoms with E-state index >= 15 is 0 Å². The molecular weight excluding hydrogens is 266 g/mol. The molecule has 2 aromatic rings. The molecule has 112 valence electrons. The number of nitrogens with zero attached hydrogens (tertiary/aromatic N) is 2. The number of nitrogens with one attached hydrogen (secondary N) is 1. The molecule has 0 aliphatic carbocycles. The molecule has 5 nitrogen and oxygen atoms in total. The molecule has 0 radical (unpaired) electrons. The zero-order chi connectivity index (χ0) is 15.2. The molecule has 0 bridgehead atoms. The molecule has 0 saturated carbocycles. The minimum absolute atomic E-state index is 0.0128. The Balaban J connectivity index is 1.86. The molecule has 0 aliphatic rings. The Labute approximate surface area is 124 Å². The number of hydrogen-bond acceptors (Lipinski definition) is 3. The van der Waals surface area contributed by atoms with Gasteiger partial charge in [-0.25, -0.2) is 0 Å². The normalized spacial score (nSPS) is 10.7. The third kappa shape index (κ3) is 4.34. The van der Waals surface area contributed by atoms with E-state index in [0.29, 0.717) is 12.8 Å². The largest absolute Gasteiger partial charge is 0.497 e. The van der Waals surface area contributed by atoms with Crippen LogP contribution in [0.1, 0.15) is 31.9 Å². The molecule has 0 atom stereocenters. The van der Waals surface area contributed by atoms with Crippen LogP contribution in [0.25, 0.3) is 0 Å². The molecule has 0 spiro atoms. The lowest BCUT2D eigenvalue weighted by molar-refractivity contribution is -0.116. The molecule has 1 aromatic heterocycles. The summed E-state index contributed by atoms with van der Waals surface area (Å²) in [5, 5.41) is 7.06. The highest BCUT2D eigenvalue weighted by atomic mass is 16.5. The topological polar surface area (TPSA) is 56.1 Å². The highest BCUT2D eigenvalue weighted by Gasteiger charge is 2.07. The predicted octanol–water partition coefficient (Wildman–Crippen LogP) is 3.04. The maximum Gasteiger partial charge on any atom is 0.224 e. The van der Waals surface area contributed by atoms with E-state index in [-0.39, 0.29) is 11.9 Å². The number of aryl methyl sites for hydroxylation is 1. The van der Waals surface area contributed by atoms with Gasteiger partial charge in [0, 0.05) is 18.7 Å². The molecule has 0 aliphatic heterocycles. The molecule has 2 rings (SSSR count). The number of benzene rings is 1. The van der Waals surface area contributed by atoms with Gasteiger partial charge in [-0.15, -0.1) is 0 Å². The molecule has 1 heterocycles. The zero-order valence-electron chi connectivity index (χ0n) is 12.7. The summed E-state index contributed by atoms with van der Waals surface area (Å²) in [6.45, 7) is 4.09. The minimum Gasteiger partial charge on any atom is -0.497 e. The fourth-order valence-electron chi connectivity index (χ4n) is 1.99. The van der Waals surface area contributed by atoms with Crippen LogP contribution in [0.3, 0.4) is 0 Å². The number of amides is 1. The van der Waals surface area contributed by atoms with E-state index in [4.69, 9.17) is 4.74 Å². The predicted molar refractivity (Wildman–Crippen MR) is 82.6 cm³/mol. The van der Waals surface area contributed by atoms with Crippen LogP contribution in [0.2, 0.25) is 0 Å². The van der Waals surface area contributed by atoms with Crippen LogP contribution in [0, 0.1) is 0 Å². The van der Waals surface area contributed by atoms with Crippen molar-refractivity contribution < 1.29 is 9.53 Å². The Bertz CT molecular complexity index is 605. The summed E-state index contributed by atoms with van der Waals surface area (Å²) in [7, 11) is 1.64. The van der Waals surface area contributed by atoms with Gasteiger partial charge in [-0.3, -0.25) is 9.48 Å². The van der Waals surface area contributed by atoms with Crippen molar-refractivity contribution in [2.75, 3.05) is 12.4 Å². The van der Waals surface area contributed by atoms with Crippen LogP contribution >= 0.6 is 0 Å². The molecular formula is C16H21N3O2. The fourth-order valence-corrected chi connectivity index (χ4v) is 1.99. The summed E-state index contributed by atoms with van der Waals surface area (Å²) < 4.78 is 6.99. The minimum atomic E-state index is -0.0128. The smallest absolute Gasteiger partial charge is 0.224 e. The Kier molecular flexibility index (Phi) is 4.98. The summed E-state index contributed by atoms with van der Waals surface area (Å²) >= 11 is 0. The highest BCUT2D eigenvalue weighted by Crippen LogP contribution is 2.15. The molecule has 21 heavy (non-hydrogen) atoms. The number of carbonyl (C=O) groups is 1. The van der Waals surface area contributed by atoms with Crippen molar-refractivity contribution in [2.24, 2.45) is 0 Å². The summed E-state index contributed by atoms with van der Waals surface area (Å²) in [6, 6.07) is 8.05. The summed E-state index contributed by atoms with van der Waals surface area (Å²) in [4.78, 5) is 11.9. The quantitative estimate of drug-likeness (QED) is 0.888. The number of ether oxygens (including phenoxy) is 1. The lowest BCUT2D eigenvalue weighted by atomic mass is 10.1. The summed E-state index contributed by atoms with van der Waals surface area (Å²) in [6.07, 6.45) is 4.62. The Morgan fingerprint density at radius 1 is 1.43 bits per heavy atom. The van der Waals surface area contributed by atoms with Gasteiger partial charge in [-0.05, 0) is 38.0 Å². The van der Waals surface area contributed by atoms with E-state index in [1.54, 1.807) is 13.3 Å². The Morgan fingerprint density at radius 3 is 2.90 bits per heavy atom. The number of rotatable bonds is 6. The Morgan fingerprint density at radius 2 is 2.24 bits per heavy atom. The SMILES string of the molecule is COc1cccc(CCC(=O)Nc2cnn(C(C)C)c2)c1. The van der Waals surface area contributed by atoms with Crippen LogP contribution in [-0.2, 0) is 11.2 Å². The van der Waals surface area contributed by atoms with Crippen molar-refractivity contribution in [3.63, 3.8) is 0 Å². The first-order chi connectivity index (χ1) is 10.1. The van der Waals surface area contributed by atoms with E-state index in [1.807, 2.05) is 49.0 Å². The lowest BCUT2D eigenvalue weighted by Crippen LogP contribution is -2.12. The van der Waals surface area contributed by atoms with Gasteiger partial charge in [0.05, 0.1) is 19.0 Å². The average Bonchev–Trinajstić information content (AvgIpc) is 2.94. The summed E-state index contributed by atoms with van der Waals surface area (Å²) in [5.74, 6) is 0.798. The third-order valence-electron chi connectivity index (χ3n) is 3.19. The number of methoxy groups -OCH3 is 1. The van der Waals surface area contributed by atoms with Crippen molar-refractivity contribution >= 4 is 11.6 Å². The molecule has 0 unspecified atom stereocenters. The maximum atomic E-state index is 11.9. The zero-order valence-corrected chi connectivity index (χ0v) is 12.7. The van der Waals surface area contributed by atoms with Gasteiger partial charge in [0.1, 0.15) is 5.75 Å². The standard InChI is InChI=1S/C16H21N3O2/c1-12(2)19-11-14(10-17-19)18-16(20)8-7-13-5-4-6-15(9-13)21-3/h4-6,9-12H,7-8H2,1-3H3,(H,18,20). The van der Waals surface area contributed by atoms with Crippen LogP contribution in [-0.4, -0.2) is 22.8 Å². The first-order valence-electron chi connectivity index (χ1n) is 7.05. The third-order valence-corrected chi connectivity index (χ3v) is 3.19. The molecule has 0 fully saturated rings. The molecule has 1 amide bonds. The van der Waals surface area contributed by atoms with Crippen molar-refractivity contribution in [3.05, 3.63) is 42.2 Å². The second-order valence-electron chi connectivity index (χ2n) is 5.20.